The van der Waals surface area contributed by atoms with Crippen LogP contribution in [-0.4, -0.2) is 35.0 Å². The summed E-state index contributed by atoms with van der Waals surface area (Å²) in [5, 5.41) is 7.22. The Morgan fingerprint density at radius 3 is 2.54 bits per heavy atom. The summed E-state index contributed by atoms with van der Waals surface area (Å²) >= 11 is 5.88. The molecule has 2 heterocycles. The first-order valence-corrected chi connectivity index (χ1v) is 9.41. The van der Waals surface area contributed by atoms with Crippen molar-refractivity contribution in [1.82, 2.24) is 10.1 Å². The molecule has 1 saturated heterocycles. The van der Waals surface area contributed by atoms with Crippen molar-refractivity contribution in [3.8, 4) is 11.3 Å². The molecule has 7 heteroatoms. The number of hydrogen-bond acceptors (Lipinski definition) is 4. The Morgan fingerprint density at radius 1 is 1.04 bits per heavy atom. The molecule has 28 heavy (non-hydrogen) atoms. The molecule has 1 N–H and O–H groups in total. The highest BCUT2D eigenvalue weighted by molar-refractivity contribution is 6.30. The fourth-order valence-corrected chi connectivity index (χ4v) is 3.29. The van der Waals surface area contributed by atoms with Gasteiger partial charge in [-0.3, -0.25) is 9.59 Å². The van der Waals surface area contributed by atoms with E-state index in [4.69, 9.17) is 16.1 Å². The van der Waals surface area contributed by atoms with Crippen molar-refractivity contribution in [2.75, 3.05) is 18.4 Å². The lowest BCUT2D eigenvalue weighted by Crippen LogP contribution is -2.27. The van der Waals surface area contributed by atoms with Gasteiger partial charge in [0.15, 0.2) is 11.5 Å². The molecule has 0 radical (unpaired) electrons. The van der Waals surface area contributed by atoms with Crippen molar-refractivity contribution in [1.29, 1.82) is 0 Å². The molecule has 0 bridgehead atoms. The van der Waals surface area contributed by atoms with Gasteiger partial charge in [-0.15, -0.1) is 0 Å². The van der Waals surface area contributed by atoms with Crippen LogP contribution in [0.15, 0.2) is 59.1 Å². The van der Waals surface area contributed by atoms with E-state index in [0.29, 0.717) is 22.0 Å². The van der Waals surface area contributed by atoms with Gasteiger partial charge >= 0.3 is 0 Å². The summed E-state index contributed by atoms with van der Waals surface area (Å²) in [7, 11) is 0. The number of nitrogens with one attached hydrogen (secondary N) is 1. The molecule has 0 saturated carbocycles. The van der Waals surface area contributed by atoms with Gasteiger partial charge in [-0.2, -0.15) is 0 Å². The number of likely N-dealkylation sites (tertiary alicyclic amines) is 1. The zero-order valence-electron chi connectivity index (χ0n) is 15.0. The number of benzene rings is 2. The summed E-state index contributed by atoms with van der Waals surface area (Å²) in [6.45, 7) is 1.56. The lowest BCUT2D eigenvalue weighted by Gasteiger charge is -2.15. The molecule has 6 nitrogen and oxygen atoms in total. The van der Waals surface area contributed by atoms with Gasteiger partial charge < -0.3 is 14.7 Å². The zero-order chi connectivity index (χ0) is 19.5. The van der Waals surface area contributed by atoms with Crippen LogP contribution < -0.4 is 5.32 Å². The molecule has 1 aliphatic rings. The van der Waals surface area contributed by atoms with Crippen molar-refractivity contribution in [3.63, 3.8) is 0 Å². The summed E-state index contributed by atoms with van der Waals surface area (Å²) in [5.74, 6) is 0.0505. The van der Waals surface area contributed by atoms with Crippen molar-refractivity contribution in [2.24, 2.45) is 0 Å². The monoisotopic (exact) mass is 395 g/mol. The molecular formula is C21H18ClN3O3. The Morgan fingerprint density at radius 2 is 1.79 bits per heavy atom. The third-order valence-electron chi connectivity index (χ3n) is 4.63. The summed E-state index contributed by atoms with van der Waals surface area (Å²) < 4.78 is 5.26. The van der Waals surface area contributed by atoms with Crippen LogP contribution in [0.5, 0.6) is 0 Å². The molecule has 2 amide bonds. The standard InChI is InChI=1S/C21H18ClN3O3/c22-16-8-6-14(7-9-16)19-13-18(24-28-19)20(26)23-17-5-3-4-15(12-17)21(27)25-10-1-2-11-25/h3-9,12-13H,1-2,10-11H2,(H,23,26). The topological polar surface area (TPSA) is 75.4 Å². The van der Waals surface area contributed by atoms with Gasteiger partial charge in [-0.25, -0.2) is 0 Å². The van der Waals surface area contributed by atoms with Crippen LogP contribution in [0.4, 0.5) is 5.69 Å². The van der Waals surface area contributed by atoms with Crippen LogP contribution in [0.2, 0.25) is 5.02 Å². The lowest BCUT2D eigenvalue weighted by atomic mass is 10.1. The van der Waals surface area contributed by atoms with Crippen molar-refractivity contribution in [2.45, 2.75) is 12.8 Å². The minimum absolute atomic E-state index is 0.0138. The number of carbonyl (C=O) groups excluding carboxylic acids is 2. The maximum Gasteiger partial charge on any atom is 0.277 e. The fourth-order valence-electron chi connectivity index (χ4n) is 3.16. The molecule has 2 aromatic carbocycles. The van der Waals surface area contributed by atoms with E-state index in [2.05, 4.69) is 10.5 Å². The van der Waals surface area contributed by atoms with E-state index in [0.717, 1.165) is 31.5 Å². The number of halogens is 1. The molecule has 142 valence electrons. The first-order valence-electron chi connectivity index (χ1n) is 9.03. The summed E-state index contributed by atoms with van der Waals surface area (Å²) in [6, 6.07) is 15.5. The Balaban J connectivity index is 1.47. The SMILES string of the molecule is O=C(Nc1cccc(C(=O)N2CCCC2)c1)c1cc(-c2ccc(Cl)cc2)on1. The smallest absolute Gasteiger partial charge is 0.277 e. The Bertz CT molecular complexity index is 1010. The normalized spacial score (nSPS) is 13.5. The number of hydrogen-bond donors (Lipinski definition) is 1. The fraction of sp³-hybridized carbons (Fsp3) is 0.190. The quantitative estimate of drug-likeness (QED) is 0.706. The number of anilines is 1. The van der Waals surface area contributed by atoms with Gasteiger partial charge in [0, 0.05) is 41.0 Å². The number of aromatic nitrogens is 1. The van der Waals surface area contributed by atoms with Crippen molar-refractivity contribution < 1.29 is 14.1 Å². The van der Waals surface area contributed by atoms with E-state index >= 15 is 0 Å². The molecule has 0 spiro atoms. The number of carbonyl (C=O) groups is 2. The zero-order valence-corrected chi connectivity index (χ0v) is 15.8. The second-order valence-electron chi connectivity index (χ2n) is 6.62. The highest BCUT2D eigenvalue weighted by Crippen LogP contribution is 2.23. The van der Waals surface area contributed by atoms with Gasteiger partial charge in [0.05, 0.1) is 0 Å². The van der Waals surface area contributed by atoms with E-state index in [1.807, 2.05) is 4.90 Å². The van der Waals surface area contributed by atoms with E-state index in [1.54, 1.807) is 54.6 Å². The van der Waals surface area contributed by atoms with E-state index < -0.39 is 5.91 Å². The molecule has 4 rings (SSSR count). The third-order valence-corrected chi connectivity index (χ3v) is 4.88. The first-order chi connectivity index (χ1) is 13.6. The summed E-state index contributed by atoms with van der Waals surface area (Å²) in [6.07, 6.45) is 2.06. The molecule has 1 aliphatic heterocycles. The summed E-state index contributed by atoms with van der Waals surface area (Å²) in [4.78, 5) is 26.8. The predicted molar refractivity (Wildman–Crippen MR) is 106 cm³/mol. The number of rotatable bonds is 4. The second-order valence-corrected chi connectivity index (χ2v) is 7.05. The minimum atomic E-state index is -0.408. The largest absolute Gasteiger partial charge is 0.355 e. The second kappa shape index (κ2) is 7.86. The Kier molecular flexibility index (Phi) is 5.12. The maximum atomic E-state index is 12.5. The molecule has 1 fully saturated rings. The van der Waals surface area contributed by atoms with E-state index in [9.17, 15) is 9.59 Å². The van der Waals surface area contributed by atoms with Gasteiger partial charge in [0.1, 0.15) is 0 Å². The number of amides is 2. The van der Waals surface area contributed by atoms with Gasteiger partial charge in [-0.1, -0.05) is 22.8 Å². The highest BCUT2D eigenvalue weighted by Gasteiger charge is 2.20. The van der Waals surface area contributed by atoms with E-state index in [-0.39, 0.29) is 11.6 Å². The summed E-state index contributed by atoms with van der Waals surface area (Å²) in [5.41, 5.74) is 2.02. The average molecular weight is 396 g/mol. The van der Waals surface area contributed by atoms with Crippen LogP contribution in [0.3, 0.4) is 0 Å². The van der Waals surface area contributed by atoms with Crippen molar-refractivity contribution >= 4 is 29.1 Å². The molecule has 0 unspecified atom stereocenters. The molecule has 3 aromatic rings. The van der Waals surface area contributed by atoms with E-state index in [1.165, 1.54) is 0 Å². The van der Waals surface area contributed by atoms with Gasteiger partial charge in [0.25, 0.3) is 11.8 Å². The Hall–Kier alpha value is -3.12. The molecule has 1 aromatic heterocycles. The van der Waals surface area contributed by atoms with Gasteiger partial charge in [0.2, 0.25) is 0 Å². The molecular weight excluding hydrogens is 378 g/mol. The third kappa shape index (κ3) is 3.92. The molecule has 0 aliphatic carbocycles. The first kappa shape index (κ1) is 18.3. The van der Waals surface area contributed by atoms with Crippen LogP contribution in [0.25, 0.3) is 11.3 Å². The highest BCUT2D eigenvalue weighted by atomic mass is 35.5. The predicted octanol–water partition coefficient (Wildman–Crippen LogP) is 4.48. The van der Waals surface area contributed by atoms with Crippen molar-refractivity contribution in [3.05, 3.63) is 70.9 Å². The van der Waals surface area contributed by atoms with Crippen LogP contribution in [-0.2, 0) is 0 Å². The maximum absolute atomic E-state index is 12.5. The average Bonchev–Trinajstić information content (AvgIpc) is 3.40. The Labute approximate surface area is 167 Å². The number of nitrogens with zero attached hydrogens (tertiary/aromatic N) is 2. The lowest BCUT2D eigenvalue weighted by molar-refractivity contribution is 0.0792. The van der Waals surface area contributed by atoms with Crippen LogP contribution in [0, 0.1) is 0 Å². The van der Waals surface area contributed by atoms with Crippen LogP contribution in [0.1, 0.15) is 33.7 Å². The van der Waals surface area contributed by atoms with Gasteiger partial charge in [-0.05, 0) is 55.3 Å². The minimum Gasteiger partial charge on any atom is -0.355 e. The molecule has 0 atom stereocenters. The van der Waals surface area contributed by atoms with Crippen LogP contribution >= 0.6 is 11.6 Å².